The smallest absolute Gasteiger partial charge is 0.0772 e. The maximum Gasteiger partial charge on any atom is 0.0772 e. The van der Waals surface area contributed by atoms with Gasteiger partial charge in [-0.05, 0) is 43.2 Å². The number of benzene rings is 1. The number of methoxy groups -OCH3 is 1. The van der Waals surface area contributed by atoms with E-state index in [-0.39, 0.29) is 0 Å². The summed E-state index contributed by atoms with van der Waals surface area (Å²) in [5, 5.41) is 7.83. The van der Waals surface area contributed by atoms with Crippen LogP contribution in [0.2, 0.25) is 0 Å². The van der Waals surface area contributed by atoms with Gasteiger partial charge in [-0.1, -0.05) is 12.8 Å². The lowest BCUT2D eigenvalue weighted by atomic mass is 9.92. The fourth-order valence-electron chi connectivity index (χ4n) is 2.89. The van der Waals surface area contributed by atoms with Crippen molar-refractivity contribution < 1.29 is 4.74 Å². The SMILES string of the molecule is COC1CCCCC1Nc1ccc(-n2cccn2)cc1. The van der Waals surface area contributed by atoms with Gasteiger partial charge < -0.3 is 10.1 Å². The van der Waals surface area contributed by atoms with Gasteiger partial charge in [-0.3, -0.25) is 0 Å². The Morgan fingerprint density at radius 1 is 1.20 bits per heavy atom. The van der Waals surface area contributed by atoms with E-state index in [4.69, 9.17) is 4.74 Å². The third-order valence-electron chi connectivity index (χ3n) is 3.99. The predicted octanol–water partition coefficient (Wildman–Crippen LogP) is 3.24. The molecule has 4 heteroatoms. The molecule has 1 heterocycles. The number of nitrogens with zero attached hydrogens (tertiary/aromatic N) is 2. The maximum atomic E-state index is 5.58. The van der Waals surface area contributed by atoms with Crippen LogP contribution in [0.3, 0.4) is 0 Å². The highest BCUT2D eigenvalue weighted by Crippen LogP contribution is 2.24. The molecule has 20 heavy (non-hydrogen) atoms. The van der Waals surface area contributed by atoms with Gasteiger partial charge in [-0.15, -0.1) is 0 Å². The van der Waals surface area contributed by atoms with Crippen molar-refractivity contribution >= 4 is 5.69 Å². The van der Waals surface area contributed by atoms with E-state index in [1.165, 1.54) is 19.3 Å². The van der Waals surface area contributed by atoms with E-state index >= 15 is 0 Å². The Bertz CT molecular complexity index is 521. The summed E-state index contributed by atoms with van der Waals surface area (Å²) in [6.07, 6.45) is 8.95. The van der Waals surface area contributed by atoms with E-state index in [1.807, 2.05) is 24.1 Å². The summed E-state index contributed by atoms with van der Waals surface area (Å²) < 4.78 is 7.45. The molecule has 2 unspecified atom stereocenters. The zero-order chi connectivity index (χ0) is 13.8. The lowest BCUT2D eigenvalue weighted by Gasteiger charge is -2.31. The van der Waals surface area contributed by atoms with Gasteiger partial charge in [0.2, 0.25) is 0 Å². The second-order valence-electron chi connectivity index (χ2n) is 5.31. The van der Waals surface area contributed by atoms with E-state index in [9.17, 15) is 0 Å². The van der Waals surface area contributed by atoms with Crippen LogP contribution in [0.1, 0.15) is 25.7 Å². The summed E-state index contributed by atoms with van der Waals surface area (Å²) in [5.74, 6) is 0. The molecule has 0 bridgehead atoms. The Morgan fingerprint density at radius 2 is 2.00 bits per heavy atom. The van der Waals surface area contributed by atoms with E-state index < -0.39 is 0 Å². The van der Waals surface area contributed by atoms with Crippen LogP contribution in [0.25, 0.3) is 5.69 Å². The molecule has 3 rings (SSSR count). The van der Waals surface area contributed by atoms with E-state index in [1.54, 1.807) is 6.20 Å². The first-order valence-electron chi connectivity index (χ1n) is 7.26. The molecule has 2 atom stereocenters. The molecule has 1 aromatic heterocycles. The van der Waals surface area contributed by atoms with Gasteiger partial charge in [0.05, 0.1) is 17.8 Å². The molecule has 1 fully saturated rings. The lowest BCUT2D eigenvalue weighted by Crippen LogP contribution is -2.37. The summed E-state index contributed by atoms with van der Waals surface area (Å²) in [5.41, 5.74) is 2.22. The van der Waals surface area contributed by atoms with Gasteiger partial charge in [0.15, 0.2) is 0 Å². The highest BCUT2D eigenvalue weighted by atomic mass is 16.5. The van der Waals surface area contributed by atoms with Crippen molar-refractivity contribution in [1.82, 2.24) is 9.78 Å². The first-order valence-corrected chi connectivity index (χ1v) is 7.26. The minimum atomic E-state index is 0.328. The molecule has 2 aromatic rings. The van der Waals surface area contributed by atoms with Gasteiger partial charge in [0, 0.05) is 25.2 Å². The molecule has 1 aliphatic carbocycles. The fourth-order valence-corrected chi connectivity index (χ4v) is 2.89. The van der Waals surface area contributed by atoms with Crippen LogP contribution in [0.4, 0.5) is 5.69 Å². The number of hydrogen-bond acceptors (Lipinski definition) is 3. The molecule has 1 N–H and O–H groups in total. The highest BCUT2D eigenvalue weighted by Gasteiger charge is 2.24. The summed E-state index contributed by atoms with van der Waals surface area (Å²) >= 11 is 0. The van der Waals surface area contributed by atoms with Crippen molar-refractivity contribution in [3.8, 4) is 5.69 Å². The Morgan fingerprint density at radius 3 is 2.70 bits per heavy atom. The zero-order valence-corrected chi connectivity index (χ0v) is 11.8. The number of aromatic nitrogens is 2. The van der Waals surface area contributed by atoms with Crippen LogP contribution in [0.15, 0.2) is 42.7 Å². The van der Waals surface area contributed by atoms with Crippen molar-refractivity contribution in [2.75, 3.05) is 12.4 Å². The molecule has 1 aliphatic rings. The summed E-state index contributed by atoms with van der Waals surface area (Å²) in [7, 11) is 1.81. The molecule has 0 spiro atoms. The first-order chi connectivity index (χ1) is 9.86. The Hall–Kier alpha value is -1.81. The number of hydrogen-bond donors (Lipinski definition) is 1. The number of anilines is 1. The van der Waals surface area contributed by atoms with Crippen molar-refractivity contribution in [3.63, 3.8) is 0 Å². The summed E-state index contributed by atoms with van der Waals surface area (Å²) in [4.78, 5) is 0. The van der Waals surface area contributed by atoms with Crippen LogP contribution < -0.4 is 5.32 Å². The van der Waals surface area contributed by atoms with Crippen LogP contribution in [0.5, 0.6) is 0 Å². The van der Waals surface area contributed by atoms with E-state index in [2.05, 4.69) is 34.7 Å². The van der Waals surface area contributed by atoms with Crippen molar-refractivity contribution in [1.29, 1.82) is 0 Å². The van der Waals surface area contributed by atoms with Crippen molar-refractivity contribution in [2.45, 2.75) is 37.8 Å². The van der Waals surface area contributed by atoms with Crippen LogP contribution in [-0.2, 0) is 4.74 Å². The molecule has 4 nitrogen and oxygen atoms in total. The van der Waals surface area contributed by atoms with Gasteiger partial charge >= 0.3 is 0 Å². The molecular formula is C16H21N3O. The predicted molar refractivity (Wildman–Crippen MR) is 80.2 cm³/mol. The topological polar surface area (TPSA) is 39.1 Å². The second-order valence-corrected chi connectivity index (χ2v) is 5.31. The molecule has 0 radical (unpaired) electrons. The number of nitrogens with one attached hydrogen (secondary N) is 1. The van der Waals surface area contributed by atoms with Gasteiger partial charge in [0.1, 0.15) is 0 Å². The second kappa shape index (κ2) is 6.09. The standard InChI is InChI=1S/C16H21N3O/c1-20-16-6-3-2-5-15(16)18-13-7-9-14(10-8-13)19-12-4-11-17-19/h4,7-12,15-16,18H,2-3,5-6H2,1H3. The fraction of sp³-hybridized carbons (Fsp3) is 0.438. The average Bonchev–Trinajstić information content (AvgIpc) is 3.03. The van der Waals surface area contributed by atoms with Gasteiger partial charge in [-0.25, -0.2) is 4.68 Å². The molecule has 0 amide bonds. The third-order valence-corrected chi connectivity index (χ3v) is 3.99. The highest BCUT2D eigenvalue weighted by molar-refractivity contribution is 5.49. The number of ether oxygens (including phenoxy) is 1. The van der Waals surface area contributed by atoms with Gasteiger partial charge in [-0.2, -0.15) is 5.10 Å². The minimum absolute atomic E-state index is 0.328. The maximum absolute atomic E-state index is 5.58. The third kappa shape index (κ3) is 2.85. The molecule has 0 aliphatic heterocycles. The van der Waals surface area contributed by atoms with Crippen molar-refractivity contribution in [3.05, 3.63) is 42.7 Å². The van der Waals surface area contributed by atoms with E-state index in [0.717, 1.165) is 17.8 Å². The Kier molecular flexibility index (Phi) is 4.02. The largest absolute Gasteiger partial charge is 0.380 e. The molecule has 106 valence electrons. The van der Waals surface area contributed by atoms with Gasteiger partial charge in [0.25, 0.3) is 0 Å². The molecule has 1 aromatic carbocycles. The zero-order valence-electron chi connectivity index (χ0n) is 11.8. The summed E-state index contributed by atoms with van der Waals surface area (Å²) in [6, 6.07) is 10.7. The summed E-state index contributed by atoms with van der Waals surface area (Å²) in [6.45, 7) is 0. The lowest BCUT2D eigenvalue weighted by molar-refractivity contribution is 0.0606. The Balaban J connectivity index is 1.68. The first kappa shape index (κ1) is 13.2. The van der Waals surface area contributed by atoms with E-state index in [0.29, 0.717) is 12.1 Å². The number of rotatable bonds is 4. The average molecular weight is 271 g/mol. The monoisotopic (exact) mass is 271 g/mol. The quantitative estimate of drug-likeness (QED) is 0.928. The normalized spacial score (nSPS) is 22.6. The van der Waals surface area contributed by atoms with Crippen LogP contribution in [0, 0.1) is 0 Å². The molecular weight excluding hydrogens is 250 g/mol. The Labute approximate surface area is 119 Å². The molecule has 1 saturated carbocycles. The minimum Gasteiger partial charge on any atom is -0.380 e. The van der Waals surface area contributed by atoms with Crippen LogP contribution >= 0.6 is 0 Å². The molecule has 0 saturated heterocycles. The van der Waals surface area contributed by atoms with Crippen LogP contribution in [-0.4, -0.2) is 29.0 Å². The van der Waals surface area contributed by atoms with Crippen molar-refractivity contribution in [2.24, 2.45) is 0 Å².